The number of rotatable bonds is 4. The summed E-state index contributed by atoms with van der Waals surface area (Å²) in [6.45, 7) is 0. The standard InChI is InChI=1S/C21H15N5O2S2/c22-20-19(30(27,28)17-11-6-12-29-17)18-21(25-16-10-5-4-9-15(16)24-18)26(20)23-13-14-7-2-1-3-8-14/h1-13H,22H2/b23-13-. The van der Waals surface area contributed by atoms with E-state index in [2.05, 4.69) is 15.1 Å². The van der Waals surface area contributed by atoms with Crippen molar-refractivity contribution >= 4 is 55.4 Å². The third-order valence-electron chi connectivity index (χ3n) is 4.58. The van der Waals surface area contributed by atoms with Crippen molar-refractivity contribution in [3.63, 3.8) is 0 Å². The van der Waals surface area contributed by atoms with Gasteiger partial charge in [0.2, 0.25) is 9.84 Å². The van der Waals surface area contributed by atoms with Crippen LogP contribution in [-0.2, 0) is 9.84 Å². The number of para-hydroxylation sites is 2. The summed E-state index contributed by atoms with van der Waals surface area (Å²) in [5.74, 6) is -0.0270. The van der Waals surface area contributed by atoms with Gasteiger partial charge in [0.1, 0.15) is 20.4 Å². The molecule has 148 valence electrons. The zero-order valence-corrected chi connectivity index (χ0v) is 17.1. The van der Waals surface area contributed by atoms with Gasteiger partial charge in [-0.15, -0.1) is 11.3 Å². The van der Waals surface area contributed by atoms with E-state index in [0.717, 1.165) is 16.9 Å². The zero-order chi connectivity index (χ0) is 20.7. The molecule has 0 aliphatic carbocycles. The molecule has 2 aromatic carbocycles. The first-order valence-corrected chi connectivity index (χ1v) is 11.4. The van der Waals surface area contributed by atoms with Crippen LogP contribution in [0.4, 0.5) is 5.82 Å². The SMILES string of the molecule is Nc1c(S(=O)(=O)c2cccs2)c2nc3ccccc3nc2n1/N=C\c1ccccc1. The van der Waals surface area contributed by atoms with Crippen molar-refractivity contribution in [2.75, 3.05) is 5.73 Å². The lowest BCUT2D eigenvalue weighted by atomic mass is 10.2. The van der Waals surface area contributed by atoms with Gasteiger partial charge in [0.05, 0.1) is 17.2 Å². The van der Waals surface area contributed by atoms with Crippen LogP contribution in [0.1, 0.15) is 5.56 Å². The van der Waals surface area contributed by atoms with Crippen molar-refractivity contribution in [1.29, 1.82) is 0 Å². The molecular formula is C21H15N5O2S2. The van der Waals surface area contributed by atoms with Crippen molar-refractivity contribution < 1.29 is 8.42 Å². The minimum Gasteiger partial charge on any atom is -0.382 e. The summed E-state index contributed by atoms with van der Waals surface area (Å²) < 4.78 is 28.2. The van der Waals surface area contributed by atoms with Gasteiger partial charge in [0, 0.05) is 0 Å². The van der Waals surface area contributed by atoms with E-state index in [4.69, 9.17) is 5.73 Å². The molecule has 0 saturated carbocycles. The highest BCUT2D eigenvalue weighted by Crippen LogP contribution is 2.36. The Morgan fingerprint density at radius 3 is 2.33 bits per heavy atom. The van der Waals surface area contributed by atoms with Crippen LogP contribution in [0.2, 0.25) is 0 Å². The maximum atomic E-state index is 13.4. The van der Waals surface area contributed by atoms with Gasteiger partial charge in [0.25, 0.3) is 0 Å². The van der Waals surface area contributed by atoms with E-state index in [0.29, 0.717) is 11.0 Å². The molecule has 5 rings (SSSR count). The fourth-order valence-corrected chi connectivity index (χ4v) is 5.77. The van der Waals surface area contributed by atoms with Crippen LogP contribution in [-0.4, -0.2) is 29.3 Å². The van der Waals surface area contributed by atoms with Crippen molar-refractivity contribution in [3.8, 4) is 0 Å². The Morgan fingerprint density at radius 2 is 1.63 bits per heavy atom. The molecule has 2 N–H and O–H groups in total. The molecule has 3 heterocycles. The first-order chi connectivity index (χ1) is 14.6. The number of hydrogen-bond acceptors (Lipinski definition) is 7. The number of hydrogen-bond donors (Lipinski definition) is 1. The molecule has 0 atom stereocenters. The van der Waals surface area contributed by atoms with E-state index in [1.807, 2.05) is 48.5 Å². The van der Waals surface area contributed by atoms with Gasteiger partial charge in [-0.1, -0.05) is 48.5 Å². The molecule has 0 fully saturated rings. The summed E-state index contributed by atoms with van der Waals surface area (Å²) >= 11 is 1.13. The van der Waals surface area contributed by atoms with Gasteiger partial charge < -0.3 is 5.73 Å². The highest BCUT2D eigenvalue weighted by molar-refractivity contribution is 7.93. The van der Waals surface area contributed by atoms with Crippen molar-refractivity contribution in [2.24, 2.45) is 5.10 Å². The lowest BCUT2D eigenvalue weighted by Gasteiger charge is -2.02. The largest absolute Gasteiger partial charge is 0.382 e. The fraction of sp³-hybridized carbons (Fsp3) is 0. The lowest BCUT2D eigenvalue weighted by Crippen LogP contribution is -2.05. The molecule has 0 aliphatic heterocycles. The Kier molecular flexibility index (Phi) is 4.34. The molecule has 7 nitrogen and oxygen atoms in total. The maximum absolute atomic E-state index is 13.4. The van der Waals surface area contributed by atoms with Crippen molar-refractivity contribution in [1.82, 2.24) is 14.6 Å². The first-order valence-electron chi connectivity index (χ1n) is 9.00. The average molecular weight is 434 g/mol. The number of benzene rings is 2. The summed E-state index contributed by atoms with van der Waals surface area (Å²) in [6.07, 6.45) is 1.61. The van der Waals surface area contributed by atoms with E-state index >= 15 is 0 Å². The van der Waals surface area contributed by atoms with Crippen LogP contribution < -0.4 is 5.73 Å². The molecule has 30 heavy (non-hydrogen) atoms. The maximum Gasteiger partial charge on any atom is 0.221 e. The van der Waals surface area contributed by atoms with Gasteiger partial charge >= 0.3 is 0 Å². The van der Waals surface area contributed by atoms with Crippen molar-refractivity contribution in [2.45, 2.75) is 9.10 Å². The average Bonchev–Trinajstić information content (AvgIpc) is 3.38. The Morgan fingerprint density at radius 1 is 0.933 bits per heavy atom. The number of aromatic nitrogens is 3. The third kappa shape index (κ3) is 2.95. The molecule has 0 bridgehead atoms. The zero-order valence-electron chi connectivity index (χ0n) is 15.5. The summed E-state index contributed by atoms with van der Waals surface area (Å²) in [5.41, 5.74) is 8.86. The number of nitrogens with two attached hydrogens (primary N) is 1. The summed E-state index contributed by atoms with van der Waals surface area (Å²) in [7, 11) is -3.89. The molecule has 0 unspecified atom stereocenters. The molecule has 0 radical (unpaired) electrons. The highest BCUT2D eigenvalue weighted by atomic mass is 32.2. The molecule has 5 aromatic rings. The first kappa shape index (κ1) is 18.5. The number of anilines is 1. The van der Waals surface area contributed by atoms with Crippen LogP contribution in [0.25, 0.3) is 22.2 Å². The van der Waals surface area contributed by atoms with Crippen LogP contribution in [0, 0.1) is 0 Å². The number of nitrogen functional groups attached to an aromatic ring is 1. The van der Waals surface area contributed by atoms with E-state index < -0.39 is 9.84 Å². The van der Waals surface area contributed by atoms with Crippen LogP contribution >= 0.6 is 11.3 Å². The number of fused-ring (bicyclic) bond motifs is 2. The topological polar surface area (TPSA) is 103 Å². The van der Waals surface area contributed by atoms with Crippen LogP contribution in [0.5, 0.6) is 0 Å². The number of nitrogens with zero attached hydrogens (tertiary/aromatic N) is 4. The Balaban J connectivity index is 1.83. The molecular weight excluding hydrogens is 418 g/mol. The van der Waals surface area contributed by atoms with Crippen LogP contribution in [0.15, 0.2) is 86.3 Å². The predicted molar refractivity (Wildman–Crippen MR) is 119 cm³/mol. The smallest absolute Gasteiger partial charge is 0.221 e. The molecule has 0 spiro atoms. The second-order valence-electron chi connectivity index (χ2n) is 6.50. The predicted octanol–water partition coefficient (Wildman–Crippen LogP) is 3.94. The minimum atomic E-state index is -3.89. The summed E-state index contributed by atoms with van der Waals surface area (Å²) in [5, 5.41) is 6.13. The Hall–Kier alpha value is -3.56. The van der Waals surface area contributed by atoms with Gasteiger partial charge in [-0.25, -0.2) is 18.4 Å². The molecule has 0 saturated heterocycles. The molecule has 0 aliphatic rings. The lowest BCUT2D eigenvalue weighted by molar-refractivity contribution is 0.599. The highest BCUT2D eigenvalue weighted by Gasteiger charge is 2.31. The number of thiophene rings is 1. The van der Waals surface area contributed by atoms with Gasteiger partial charge in [-0.3, -0.25) is 0 Å². The number of sulfone groups is 1. The quantitative estimate of drug-likeness (QED) is 0.432. The van der Waals surface area contributed by atoms with E-state index in [9.17, 15) is 8.42 Å². The monoisotopic (exact) mass is 433 g/mol. The van der Waals surface area contributed by atoms with Crippen LogP contribution in [0.3, 0.4) is 0 Å². The summed E-state index contributed by atoms with van der Waals surface area (Å²) in [4.78, 5) is 9.11. The Bertz CT molecular complexity index is 1510. The minimum absolute atomic E-state index is 0.0270. The normalized spacial score (nSPS) is 12.3. The second-order valence-corrected chi connectivity index (χ2v) is 9.56. The van der Waals surface area contributed by atoms with Gasteiger partial charge in [0.15, 0.2) is 5.65 Å². The van der Waals surface area contributed by atoms with Gasteiger partial charge in [-0.05, 0) is 29.1 Å². The molecule has 9 heteroatoms. The second kappa shape index (κ2) is 7.05. The molecule has 0 amide bonds. The molecule has 3 aromatic heterocycles. The van der Waals surface area contributed by atoms with Crippen molar-refractivity contribution in [3.05, 3.63) is 77.7 Å². The summed E-state index contributed by atoms with van der Waals surface area (Å²) in [6, 6.07) is 19.9. The van der Waals surface area contributed by atoms with E-state index in [1.165, 1.54) is 4.68 Å². The van der Waals surface area contributed by atoms with E-state index in [-0.39, 0.29) is 26.1 Å². The van der Waals surface area contributed by atoms with E-state index in [1.54, 1.807) is 29.8 Å². The third-order valence-corrected chi connectivity index (χ3v) is 7.79. The fourth-order valence-electron chi connectivity index (χ4n) is 3.18. The van der Waals surface area contributed by atoms with Gasteiger partial charge in [-0.2, -0.15) is 9.78 Å². The Labute approximate surface area is 176 Å².